The van der Waals surface area contributed by atoms with Gasteiger partial charge in [-0.25, -0.2) is 0 Å². The maximum absolute atomic E-state index is 12.4. The summed E-state index contributed by atoms with van der Waals surface area (Å²) in [5, 5.41) is 95.1. The first-order valence-corrected chi connectivity index (χ1v) is 18.7. The molecule has 22 heteroatoms. The van der Waals surface area contributed by atoms with Crippen LogP contribution in [0.4, 0.5) is 68.2 Å². The van der Waals surface area contributed by atoms with Crippen molar-refractivity contribution in [3.05, 3.63) is 198 Å². The summed E-state index contributed by atoms with van der Waals surface area (Å²) in [5.74, 6) is -2.11. The van der Waals surface area contributed by atoms with Crippen LogP contribution in [-0.4, -0.2) is 19.7 Å². The average Bonchev–Trinajstić information content (AvgIpc) is 3.29. The number of nitro benzene ring substituents is 4. The van der Waals surface area contributed by atoms with Crippen LogP contribution in [-0.2, 0) is 16.8 Å². The van der Waals surface area contributed by atoms with Crippen molar-refractivity contribution in [1.82, 2.24) is 0 Å². The topological polar surface area (TPSA) is 292 Å². The van der Waals surface area contributed by atoms with Gasteiger partial charge in [0, 0.05) is 62.6 Å². The second-order valence-electron chi connectivity index (χ2n) is 13.4. The van der Waals surface area contributed by atoms with Crippen molar-refractivity contribution < 1.29 is 76.2 Å². The fourth-order valence-electron chi connectivity index (χ4n) is 6.29. The molecule has 325 valence electrons. The van der Waals surface area contributed by atoms with Gasteiger partial charge in [-0.2, -0.15) is 10.2 Å². The van der Waals surface area contributed by atoms with Gasteiger partial charge in [0.05, 0.1) is 54.6 Å². The number of fused-ring (bicyclic) bond motifs is 2. The largest absolute Gasteiger partial charge is 1.00 e. The summed E-state index contributed by atoms with van der Waals surface area (Å²) in [6.45, 7) is 0. The number of nitro groups is 4. The second-order valence-corrected chi connectivity index (χ2v) is 13.4. The Bertz CT molecular complexity index is 2970. The number of nitrogens with one attached hydrogen (secondary N) is 2. The maximum Gasteiger partial charge on any atom is 1.00 e. The molecular formula is C44H28CoN10NaO10-. The van der Waals surface area contributed by atoms with Crippen molar-refractivity contribution in [2.24, 2.45) is 20.5 Å². The van der Waals surface area contributed by atoms with Crippen molar-refractivity contribution in [1.29, 1.82) is 0 Å². The Labute approximate surface area is 404 Å². The molecular weight excluding hydrogens is 910 g/mol. The van der Waals surface area contributed by atoms with E-state index in [0.717, 1.165) is 34.3 Å². The van der Waals surface area contributed by atoms with Gasteiger partial charge in [0.2, 0.25) is 0 Å². The fourth-order valence-corrected chi connectivity index (χ4v) is 6.29. The monoisotopic (exact) mass is 938 g/mol. The van der Waals surface area contributed by atoms with Gasteiger partial charge in [-0.3, -0.25) is 40.5 Å². The quantitative estimate of drug-likeness (QED) is 0.0503. The first-order chi connectivity index (χ1) is 30.9. The fraction of sp³-hybridized carbons (Fsp3) is 0. The van der Waals surface area contributed by atoms with Crippen LogP contribution in [0.3, 0.4) is 0 Å². The molecule has 8 aromatic carbocycles. The van der Waals surface area contributed by atoms with E-state index in [4.69, 9.17) is 0 Å². The summed E-state index contributed by atoms with van der Waals surface area (Å²) in [5.41, 5.74) is -0.629. The summed E-state index contributed by atoms with van der Waals surface area (Å²) in [6.07, 6.45) is 0. The Balaban J connectivity index is 0.000000240. The Morgan fingerprint density at radius 2 is 0.758 bits per heavy atom. The molecule has 8 rings (SSSR count). The first kappa shape index (κ1) is 48.8. The summed E-state index contributed by atoms with van der Waals surface area (Å²) in [7, 11) is 0. The summed E-state index contributed by atoms with van der Waals surface area (Å²) in [4.78, 5) is 41.0. The molecule has 0 aliphatic rings. The summed E-state index contributed by atoms with van der Waals surface area (Å²) < 4.78 is 0. The molecule has 0 spiro atoms. The Morgan fingerprint density at radius 3 is 1.11 bits per heavy atom. The number of non-ortho nitro benzene ring substituents is 2. The molecule has 0 heterocycles. The minimum atomic E-state index is -1.05. The van der Waals surface area contributed by atoms with Crippen LogP contribution in [0.15, 0.2) is 178 Å². The maximum atomic E-state index is 12.4. The van der Waals surface area contributed by atoms with E-state index in [1.54, 1.807) is 12.1 Å². The van der Waals surface area contributed by atoms with Crippen LogP contribution >= 0.6 is 0 Å². The Morgan fingerprint density at radius 1 is 0.409 bits per heavy atom. The second kappa shape index (κ2) is 21.9. The van der Waals surface area contributed by atoms with E-state index in [0.29, 0.717) is 45.7 Å². The third kappa shape index (κ3) is 11.3. The molecule has 1 radical (unpaired) electrons. The predicted molar refractivity (Wildman–Crippen MR) is 234 cm³/mol. The van der Waals surface area contributed by atoms with Crippen LogP contribution < -0.4 is 50.4 Å². The molecule has 0 amide bonds. The van der Waals surface area contributed by atoms with E-state index in [1.807, 2.05) is 121 Å². The predicted octanol–water partition coefficient (Wildman–Crippen LogP) is 8.78. The number of anilines is 4. The van der Waals surface area contributed by atoms with Crippen molar-refractivity contribution in [2.75, 3.05) is 10.6 Å². The van der Waals surface area contributed by atoms with Crippen molar-refractivity contribution in [2.45, 2.75) is 0 Å². The average molecular weight is 939 g/mol. The number of hydrogen-bond donors (Lipinski definition) is 2. The molecule has 0 bridgehead atoms. The normalized spacial score (nSPS) is 10.7. The van der Waals surface area contributed by atoms with Crippen LogP contribution in [0.5, 0.6) is 11.5 Å². The van der Waals surface area contributed by atoms with E-state index >= 15 is 0 Å². The Kier molecular flexibility index (Phi) is 16.2. The number of hydrogen-bond acceptors (Lipinski definition) is 16. The van der Waals surface area contributed by atoms with Crippen LogP contribution in [0.25, 0.3) is 21.5 Å². The van der Waals surface area contributed by atoms with Crippen molar-refractivity contribution >= 4 is 89.8 Å². The molecule has 2 N–H and O–H groups in total. The van der Waals surface area contributed by atoms with Crippen LogP contribution in [0, 0.1) is 40.5 Å². The standard InChI is InChI=1S/2C22H15N5O5.Co.Na/c2*28-22-19(12-16(26(29)30)13-20(22)27(31)32)24-25-21-17-9-5-4-6-14(17)10-11-18(21)23-15-7-2-1-3-8-15;;/h2*1-13,23,28H;;/q;;;+1/p-2. The molecule has 20 nitrogen and oxygen atoms in total. The number of benzene rings is 8. The van der Waals surface area contributed by atoms with Gasteiger partial charge in [-0.15, -0.1) is 10.2 Å². The van der Waals surface area contributed by atoms with Gasteiger partial charge in [-0.1, -0.05) is 97.1 Å². The van der Waals surface area contributed by atoms with E-state index in [-0.39, 0.29) is 46.3 Å². The van der Waals surface area contributed by atoms with Crippen LogP contribution in [0.2, 0.25) is 0 Å². The molecule has 0 saturated carbocycles. The molecule has 0 aliphatic heterocycles. The van der Waals surface area contributed by atoms with Gasteiger partial charge in [0.1, 0.15) is 11.4 Å². The van der Waals surface area contributed by atoms with Gasteiger partial charge >= 0.3 is 29.6 Å². The molecule has 0 fully saturated rings. The van der Waals surface area contributed by atoms with Gasteiger partial charge in [0.25, 0.3) is 22.7 Å². The van der Waals surface area contributed by atoms with Gasteiger partial charge < -0.3 is 20.8 Å². The first-order valence-electron chi connectivity index (χ1n) is 18.7. The molecule has 0 aromatic heterocycles. The van der Waals surface area contributed by atoms with Gasteiger partial charge in [-0.05, 0) is 47.2 Å². The minimum Gasteiger partial charge on any atom is -0.866 e. The van der Waals surface area contributed by atoms with E-state index in [9.17, 15) is 50.7 Å². The Hall–Kier alpha value is -8.21. The number of rotatable bonds is 12. The zero-order valence-electron chi connectivity index (χ0n) is 34.0. The third-order valence-electron chi connectivity index (χ3n) is 9.31. The number of azo groups is 2. The third-order valence-corrected chi connectivity index (χ3v) is 9.31. The molecule has 66 heavy (non-hydrogen) atoms. The smallest absolute Gasteiger partial charge is 0.866 e. The molecule has 0 aliphatic carbocycles. The van der Waals surface area contributed by atoms with Crippen LogP contribution in [0.1, 0.15) is 0 Å². The summed E-state index contributed by atoms with van der Waals surface area (Å²) >= 11 is 0. The molecule has 0 saturated heterocycles. The number of nitrogens with zero attached hydrogens (tertiary/aromatic N) is 8. The zero-order chi connectivity index (χ0) is 45.3. The van der Waals surface area contributed by atoms with E-state index < -0.39 is 65.3 Å². The SMILES string of the molecule is O=[N+]([O-])c1cc(N=Nc2c(Nc3ccccc3)ccc3ccccc23)c([O-])c([N+](=O)[O-])c1.O=[N+]([O-])c1cc(N=Nc2c(Nc3ccccc3)ccc3ccccc23)c([O-])c([N+](=O)[O-])c1.[Co].[Na+]. The molecule has 0 atom stereocenters. The molecule has 0 unspecified atom stereocenters. The van der Waals surface area contributed by atoms with Crippen molar-refractivity contribution in [3.8, 4) is 11.5 Å². The van der Waals surface area contributed by atoms with E-state index in [2.05, 4.69) is 31.1 Å². The number of para-hydroxylation sites is 2. The summed E-state index contributed by atoms with van der Waals surface area (Å²) in [6, 6.07) is 43.6. The molecule has 8 aromatic rings. The van der Waals surface area contributed by atoms with E-state index in [1.165, 1.54) is 0 Å². The van der Waals surface area contributed by atoms with Crippen molar-refractivity contribution in [3.63, 3.8) is 0 Å². The minimum absolute atomic E-state index is 0. The zero-order valence-corrected chi connectivity index (χ0v) is 37.0. The van der Waals surface area contributed by atoms with Gasteiger partial charge in [0.15, 0.2) is 0 Å².